The molecular formula is C16H22BrN3. The van der Waals surface area contributed by atoms with E-state index in [1.54, 1.807) is 0 Å². The van der Waals surface area contributed by atoms with Crippen molar-refractivity contribution in [1.82, 2.24) is 0 Å². The van der Waals surface area contributed by atoms with Crippen LogP contribution in [0.1, 0.15) is 39.0 Å². The smallest absolute Gasteiger partial charge is 0.196 e. The van der Waals surface area contributed by atoms with Crippen LogP contribution < -0.4 is 10.6 Å². The Labute approximate surface area is 129 Å². The third-order valence-corrected chi connectivity index (χ3v) is 5.44. The Kier molecular flexibility index (Phi) is 3.76. The summed E-state index contributed by atoms with van der Waals surface area (Å²) >= 11 is 3.66. The molecule has 0 amide bonds. The van der Waals surface area contributed by atoms with Crippen LogP contribution in [0.15, 0.2) is 33.7 Å². The van der Waals surface area contributed by atoms with Gasteiger partial charge in [-0.2, -0.15) is 0 Å². The first kappa shape index (κ1) is 13.9. The lowest BCUT2D eigenvalue weighted by Gasteiger charge is -2.39. The summed E-state index contributed by atoms with van der Waals surface area (Å²) in [7, 11) is 0. The minimum Gasteiger partial charge on any atom is -0.369 e. The van der Waals surface area contributed by atoms with Crippen molar-refractivity contribution in [2.75, 3.05) is 11.4 Å². The van der Waals surface area contributed by atoms with Crippen LogP contribution >= 0.6 is 15.9 Å². The van der Waals surface area contributed by atoms with Crippen molar-refractivity contribution in [2.45, 2.75) is 44.6 Å². The quantitative estimate of drug-likeness (QED) is 0.844. The molecule has 2 atom stereocenters. The topological polar surface area (TPSA) is 41.6 Å². The van der Waals surface area contributed by atoms with Crippen molar-refractivity contribution in [3.8, 4) is 0 Å². The third kappa shape index (κ3) is 2.34. The maximum absolute atomic E-state index is 6.23. The van der Waals surface area contributed by atoms with Crippen LogP contribution in [0.4, 0.5) is 5.69 Å². The van der Waals surface area contributed by atoms with Crippen LogP contribution in [-0.2, 0) is 0 Å². The van der Waals surface area contributed by atoms with Gasteiger partial charge in [-0.15, -0.1) is 0 Å². The lowest BCUT2D eigenvalue weighted by Crippen LogP contribution is -2.52. The molecule has 0 saturated heterocycles. The molecule has 3 nitrogen and oxygen atoms in total. The van der Waals surface area contributed by atoms with Gasteiger partial charge in [0.2, 0.25) is 0 Å². The van der Waals surface area contributed by atoms with Gasteiger partial charge >= 0.3 is 0 Å². The third-order valence-electron chi connectivity index (χ3n) is 4.77. The first-order valence-corrected chi connectivity index (χ1v) is 8.26. The fourth-order valence-electron chi connectivity index (χ4n) is 3.57. The standard InChI is InChI=1S/C16H22BrN3/c1-12-5-4-9-16(10-8-12)11-19-15(18)20(16)14-7-3-2-6-13(14)17/h2-3,6-7,12H,4-5,8-11H2,1H3,(H2,18,19). The number of nitrogens with zero attached hydrogens (tertiary/aromatic N) is 2. The Morgan fingerprint density at radius 3 is 2.90 bits per heavy atom. The number of para-hydroxylation sites is 1. The molecule has 2 unspecified atom stereocenters. The number of anilines is 1. The van der Waals surface area contributed by atoms with E-state index in [4.69, 9.17) is 5.73 Å². The highest BCUT2D eigenvalue weighted by atomic mass is 79.9. The lowest BCUT2D eigenvalue weighted by molar-refractivity contribution is 0.392. The van der Waals surface area contributed by atoms with E-state index in [1.807, 2.05) is 6.07 Å². The predicted molar refractivity (Wildman–Crippen MR) is 88.1 cm³/mol. The fraction of sp³-hybridized carbons (Fsp3) is 0.562. The Morgan fingerprint density at radius 2 is 2.10 bits per heavy atom. The highest BCUT2D eigenvalue weighted by Crippen LogP contribution is 2.42. The number of hydrogen-bond acceptors (Lipinski definition) is 3. The maximum atomic E-state index is 6.23. The average Bonchev–Trinajstić information content (AvgIpc) is 2.62. The van der Waals surface area contributed by atoms with Gasteiger partial charge in [-0.25, -0.2) is 0 Å². The van der Waals surface area contributed by atoms with Crippen molar-refractivity contribution < 1.29 is 0 Å². The molecule has 1 aliphatic carbocycles. The molecule has 20 heavy (non-hydrogen) atoms. The minimum atomic E-state index is 0.0959. The number of halogens is 1. The summed E-state index contributed by atoms with van der Waals surface area (Å²) in [5.74, 6) is 1.49. The molecule has 0 bridgehead atoms. The minimum absolute atomic E-state index is 0.0959. The zero-order valence-electron chi connectivity index (χ0n) is 12.0. The van der Waals surface area contributed by atoms with Gasteiger partial charge in [0.05, 0.1) is 17.8 Å². The second-order valence-electron chi connectivity index (χ2n) is 6.22. The predicted octanol–water partition coefficient (Wildman–Crippen LogP) is 3.92. The Balaban J connectivity index is 1.98. The van der Waals surface area contributed by atoms with Crippen molar-refractivity contribution >= 4 is 27.6 Å². The summed E-state index contributed by atoms with van der Waals surface area (Å²) in [5.41, 5.74) is 7.48. The van der Waals surface area contributed by atoms with E-state index in [0.29, 0.717) is 5.96 Å². The second kappa shape index (κ2) is 5.40. The van der Waals surface area contributed by atoms with Crippen molar-refractivity contribution in [3.63, 3.8) is 0 Å². The Hall–Kier alpha value is -1.03. The summed E-state index contributed by atoms with van der Waals surface area (Å²) in [6, 6.07) is 8.32. The molecule has 0 aromatic heterocycles. The number of guanidine groups is 1. The molecule has 4 heteroatoms. The fourth-order valence-corrected chi connectivity index (χ4v) is 4.03. The van der Waals surface area contributed by atoms with Crippen LogP contribution in [0.5, 0.6) is 0 Å². The number of aliphatic imine (C=N–C) groups is 1. The molecule has 1 aromatic carbocycles. The summed E-state index contributed by atoms with van der Waals surface area (Å²) in [4.78, 5) is 6.87. The molecule has 108 valence electrons. The van der Waals surface area contributed by atoms with Gasteiger partial charge in [0.15, 0.2) is 5.96 Å². The van der Waals surface area contributed by atoms with Gasteiger partial charge in [0.1, 0.15) is 0 Å². The maximum Gasteiger partial charge on any atom is 0.196 e. The molecule has 0 radical (unpaired) electrons. The number of rotatable bonds is 1. The number of hydrogen-bond donors (Lipinski definition) is 1. The van der Waals surface area contributed by atoms with E-state index in [0.717, 1.165) is 22.6 Å². The van der Waals surface area contributed by atoms with Crippen LogP contribution in [-0.4, -0.2) is 18.0 Å². The van der Waals surface area contributed by atoms with Crippen LogP contribution in [0.2, 0.25) is 0 Å². The van der Waals surface area contributed by atoms with E-state index in [2.05, 4.69) is 50.9 Å². The first-order valence-electron chi connectivity index (χ1n) is 7.47. The van der Waals surface area contributed by atoms with Crippen LogP contribution in [0.25, 0.3) is 0 Å². The lowest BCUT2D eigenvalue weighted by atomic mass is 9.88. The number of benzene rings is 1. The summed E-state index contributed by atoms with van der Waals surface area (Å²) < 4.78 is 1.09. The largest absolute Gasteiger partial charge is 0.369 e. The van der Waals surface area contributed by atoms with Gasteiger partial charge in [0.25, 0.3) is 0 Å². The summed E-state index contributed by atoms with van der Waals surface area (Å²) in [6.45, 7) is 3.20. The van der Waals surface area contributed by atoms with Gasteiger partial charge in [-0.05, 0) is 53.2 Å². The van der Waals surface area contributed by atoms with E-state index < -0.39 is 0 Å². The van der Waals surface area contributed by atoms with Crippen LogP contribution in [0, 0.1) is 5.92 Å². The Morgan fingerprint density at radius 1 is 1.30 bits per heavy atom. The molecule has 2 aliphatic rings. The number of nitrogens with two attached hydrogens (primary N) is 1. The van der Waals surface area contributed by atoms with E-state index in [1.165, 1.54) is 32.1 Å². The first-order chi connectivity index (χ1) is 9.62. The molecule has 1 aliphatic heterocycles. The normalized spacial score (nSPS) is 30.4. The van der Waals surface area contributed by atoms with Crippen LogP contribution in [0.3, 0.4) is 0 Å². The SMILES string of the molecule is CC1CCCC2(CC1)CN=C(N)N2c1ccccc1Br. The molecule has 1 spiro atoms. The van der Waals surface area contributed by atoms with Crippen molar-refractivity contribution in [3.05, 3.63) is 28.7 Å². The van der Waals surface area contributed by atoms with Crippen molar-refractivity contribution in [1.29, 1.82) is 0 Å². The van der Waals surface area contributed by atoms with E-state index in [-0.39, 0.29) is 5.54 Å². The van der Waals surface area contributed by atoms with E-state index >= 15 is 0 Å². The molecule has 1 saturated carbocycles. The zero-order valence-corrected chi connectivity index (χ0v) is 13.6. The van der Waals surface area contributed by atoms with Gasteiger partial charge in [0, 0.05) is 4.47 Å². The summed E-state index contributed by atoms with van der Waals surface area (Å²) in [6.07, 6.45) is 6.22. The highest BCUT2D eigenvalue weighted by Gasteiger charge is 2.44. The Bertz CT molecular complexity index is 528. The molecule has 3 rings (SSSR count). The van der Waals surface area contributed by atoms with Gasteiger partial charge in [-0.3, -0.25) is 4.99 Å². The summed E-state index contributed by atoms with van der Waals surface area (Å²) in [5, 5.41) is 0. The van der Waals surface area contributed by atoms with Gasteiger partial charge < -0.3 is 10.6 Å². The monoisotopic (exact) mass is 335 g/mol. The van der Waals surface area contributed by atoms with E-state index in [9.17, 15) is 0 Å². The molecule has 1 fully saturated rings. The molecular weight excluding hydrogens is 314 g/mol. The molecule has 2 N–H and O–H groups in total. The highest BCUT2D eigenvalue weighted by molar-refractivity contribution is 9.10. The molecule has 1 heterocycles. The average molecular weight is 336 g/mol. The second-order valence-corrected chi connectivity index (χ2v) is 7.08. The van der Waals surface area contributed by atoms with Gasteiger partial charge in [-0.1, -0.05) is 31.9 Å². The molecule has 1 aromatic rings. The van der Waals surface area contributed by atoms with Crippen molar-refractivity contribution in [2.24, 2.45) is 16.6 Å². The zero-order chi connectivity index (χ0) is 14.2.